The molecule has 1 aromatic rings. The molecule has 1 fully saturated rings. The number of nitrogens with one attached hydrogen (secondary N) is 1. The van der Waals surface area contributed by atoms with Crippen LogP contribution in [0.3, 0.4) is 0 Å². The predicted octanol–water partition coefficient (Wildman–Crippen LogP) is 2.12. The molecule has 1 N–H and O–H groups in total. The smallest absolute Gasteiger partial charge is 0.411 e. The highest BCUT2D eigenvalue weighted by Crippen LogP contribution is 2.15. The molecule has 114 valence electrons. The van der Waals surface area contributed by atoms with Crippen molar-refractivity contribution in [2.24, 2.45) is 0 Å². The maximum Gasteiger partial charge on any atom is 0.411 e. The molecule has 1 aliphatic heterocycles. The van der Waals surface area contributed by atoms with E-state index in [1.807, 2.05) is 6.92 Å². The fourth-order valence-electron chi connectivity index (χ4n) is 2.18. The predicted molar refractivity (Wildman–Crippen MR) is 78.4 cm³/mol. The molecule has 0 saturated carbocycles. The lowest BCUT2D eigenvalue weighted by Crippen LogP contribution is -2.47. The lowest BCUT2D eigenvalue weighted by Gasteiger charge is -2.33. The number of hydrogen-bond donors (Lipinski definition) is 1. The summed E-state index contributed by atoms with van der Waals surface area (Å²) in [6, 6.07) is 6.85. The highest BCUT2D eigenvalue weighted by molar-refractivity contribution is 5.95. The molecule has 6 heteroatoms. The Morgan fingerprint density at radius 2 is 2.10 bits per heavy atom. The Hall–Kier alpha value is -2.08. The van der Waals surface area contributed by atoms with Gasteiger partial charge in [-0.2, -0.15) is 0 Å². The fraction of sp³-hybridized carbons (Fsp3) is 0.467. The van der Waals surface area contributed by atoms with E-state index in [9.17, 15) is 9.59 Å². The summed E-state index contributed by atoms with van der Waals surface area (Å²) in [5.74, 6) is -0.0199. The van der Waals surface area contributed by atoms with Crippen LogP contribution in [0.4, 0.5) is 10.5 Å². The number of morpholine rings is 1. The van der Waals surface area contributed by atoms with E-state index in [4.69, 9.17) is 9.47 Å². The van der Waals surface area contributed by atoms with Crippen molar-refractivity contribution in [3.63, 3.8) is 0 Å². The van der Waals surface area contributed by atoms with Gasteiger partial charge >= 0.3 is 6.09 Å². The first kappa shape index (κ1) is 15.3. The molecule has 0 spiro atoms. The largest absolute Gasteiger partial charge is 0.450 e. The third-order valence-corrected chi connectivity index (χ3v) is 3.28. The summed E-state index contributed by atoms with van der Waals surface area (Å²) in [6.45, 7) is 5.76. The average molecular weight is 292 g/mol. The van der Waals surface area contributed by atoms with E-state index in [0.29, 0.717) is 37.6 Å². The van der Waals surface area contributed by atoms with Crippen LogP contribution in [-0.2, 0) is 9.47 Å². The minimum absolute atomic E-state index is 0.0199. The first-order chi connectivity index (χ1) is 10.1. The number of anilines is 1. The van der Waals surface area contributed by atoms with E-state index in [1.165, 1.54) is 0 Å². The van der Waals surface area contributed by atoms with E-state index in [0.717, 1.165) is 0 Å². The highest BCUT2D eigenvalue weighted by atomic mass is 16.5. The molecule has 1 aromatic carbocycles. The van der Waals surface area contributed by atoms with Crippen LogP contribution in [0.15, 0.2) is 24.3 Å². The van der Waals surface area contributed by atoms with Gasteiger partial charge in [-0.15, -0.1) is 0 Å². The number of benzene rings is 1. The molecule has 0 bridgehead atoms. The molecule has 2 rings (SSSR count). The van der Waals surface area contributed by atoms with Gasteiger partial charge < -0.3 is 14.4 Å². The monoisotopic (exact) mass is 292 g/mol. The Labute approximate surface area is 124 Å². The third-order valence-electron chi connectivity index (χ3n) is 3.28. The van der Waals surface area contributed by atoms with Crippen molar-refractivity contribution in [2.45, 2.75) is 19.9 Å². The van der Waals surface area contributed by atoms with Gasteiger partial charge in [-0.3, -0.25) is 10.1 Å². The van der Waals surface area contributed by atoms with Gasteiger partial charge in [0.25, 0.3) is 5.91 Å². The van der Waals surface area contributed by atoms with Crippen LogP contribution in [0, 0.1) is 0 Å². The maximum absolute atomic E-state index is 12.4. The van der Waals surface area contributed by atoms with Crippen molar-refractivity contribution in [3.05, 3.63) is 29.8 Å². The van der Waals surface area contributed by atoms with Crippen molar-refractivity contribution in [1.29, 1.82) is 0 Å². The van der Waals surface area contributed by atoms with Crippen LogP contribution >= 0.6 is 0 Å². The molecule has 6 nitrogen and oxygen atoms in total. The van der Waals surface area contributed by atoms with E-state index >= 15 is 0 Å². The van der Waals surface area contributed by atoms with Gasteiger partial charge in [-0.25, -0.2) is 4.79 Å². The molecule has 0 radical (unpaired) electrons. The topological polar surface area (TPSA) is 67.9 Å². The molecule has 1 atom stereocenters. The Morgan fingerprint density at radius 1 is 1.38 bits per heavy atom. The normalized spacial score (nSPS) is 18.2. The molecule has 21 heavy (non-hydrogen) atoms. The number of carbonyl (C=O) groups is 2. The van der Waals surface area contributed by atoms with Crippen molar-refractivity contribution < 1.29 is 19.1 Å². The second-order valence-electron chi connectivity index (χ2n) is 4.85. The van der Waals surface area contributed by atoms with Gasteiger partial charge in [-0.05, 0) is 38.1 Å². The molecule has 2 amide bonds. The number of ether oxygens (including phenoxy) is 2. The van der Waals surface area contributed by atoms with Crippen LogP contribution in [0.25, 0.3) is 0 Å². The number of hydrogen-bond acceptors (Lipinski definition) is 4. The number of carbonyl (C=O) groups excluding carboxylic acids is 2. The lowest BCUT2D eigenvalue weighted by atomic mass is 10.1. The number of nitrogens with zero attached hydrogens (tertiary/aromatic N) is 1. The minimum Gasteiger partial charge on any atom is -0.450 e. The SMILES string of the molecule is CCOC(=O)Nc1ccc(C(=O)N2CCOCC2C)cc1. The van der Waals surface area contributed by atoms with Crippen molar-refractivity contribution >= 4 is 17.7 Å². The average Bonchev–Trinajstić information content (AvgIpc) is 2.48. The van der Waals surface area contributed by atoms with Gasteiger partial charge in [-0.1, -0.05) is 0 Å². The van der Waals surface area contributed by atoms with Crippen LogP contribution < -0.4 is 5.32 Å². The standard InChI is InChI=1S/C15H20N2O4/c1-3-21-15(19)16-13-6-4-12(5-7-13)14(18)17-8-9-20-10-11(17)2/h4-7,11H,3,8-10H2,1-2H3,(H,16,19). The number of rotatable bonds is 3. The first-order valence-corrected chi connectivity index (χ1v) is 7.04. The van der Waals surface area contributed by atoms with E-state index in [2.05, 4.69) is 5.32 Å². The van der Waals surface area contributed by atoms with Gasteiger partial charge in [0, 0.05) is 17.8 Å². The molecular weight excluding hydrogens is 272 g/mol. The van der Waals surface area contributed by atoms with Crippen molar-refractivity contribution in [2.75, 3.05) is 31.7 Å². The van der Waals surface area contributed by atoms with Gasteiger partial charge in [0.1, 0.15) is 0 Å². The van der Waals surface area contributed by atoms with Crippen LogP contribution in [0.1, 0.15) is 24.2 Å². The van der Waals surface area contributed by atoms with E-state index < -0.39 is 6.09 Å². The summed E-state index contributed by atoms with van der Waals surface area (Å²) in [5.41, 5.74) is 1.19. The summed E-state index contributed by atoms with van der Waals surface area (Å²) < 4.78 is 10.1. The summed E-state index contributed by atoms with van der Waals surface area (Å²) >= 11 is 0. The van der Waals surface area contributed by atoms with Gasteiger partial charge in [0.2, 0.25) is 0 Å². The van der Waals surface area contributed by atoms with E-state index in [-0.39, 0.29) is 11.9 Å². The molecule has 1 saturated heterocycles. The lowest BCUT2D eigenvalue weighted by molar-refractivity contribution is 0.00359. The van der Waals surface area contributed by atoms with E-state index in [1.54, 1.807) is 36.1 Å². The molecule has 0 aromatic heterocycles. The van der Waals surface area contributed by atoms with Gasteiger partial charge in [0.15, 0.2) is 0 Å². The van der Waals surface area contributed by atoms with Crippen LogP contribution in [0.2, 0.25) is 0 Å². The maximum atomic E-state index is 12.4. The summed E-state index contributed by atoms with van der Waals surface area (Å²) in [7, 11) is 0. The van der Waals surface area contributed by atoms with Gasteiger partial charge in [0.05, 0.1) is 25.9 Å². The Kier molecular flexibility index (Phi) is 5.16. The van der Waals surface area contributed by atoms with Crippen LogP contribution in [-0.4, -0.2) is 49.3 Å². The summed E-state index contributed by atoms with van der Waals surface area (Å²) in [6.07, 6.45) is -0.502. The molecular formula is C15H20N2O4. The molecule has 1 aliphatic rings. The Bertz CT molecular complexity index is 501. The minimum atomic E-state index is -0.502. The highest BCUT2D eigenvalue weighted by Gasteiger charge is 2.24. The molecule has 0 aliphatic carbocycles. The quantitative estimate of drug-likeness (QED) is 0.926. The summed E-state index contributed by atoms with van der Waals surface area (Å²) in [5, 5.41) is 2.59. The fourth-order valence-corrected chi connectivity index (χ4v) is 2.18. The van der Waals surface area contributed by atoms with Crippen molar-refractivity contribution in [3.8, 4) is 0 Å². The molecule has 1 unspecified atom stereocenters. The Balaban J connectivity index is 2.01. The summed E-state index contributed by atoms with van der Waals surface area (Å²) in [4.78, 5) is 25.5. The zero-order chi connectivity index (χ0) is 15.2. The second-order valence-corrected chi connectivity index (χ2v) is 4.85. The van der Waals surface area contributed by atoms with Crippen LogP contribution in [0.5, 0.6) is 0 Å². The zero-order valence-corrected chi connectivity index (χ0v) is 12.3. The number of amides is 2. The third kappa shape index (κ3) is 3.95. The van der Waals surface area contributed by atoms with Crippen molar-refractivity contribution in [1.82, 2.24) is 4.90 Å². The first-order valence-electron chi connectivity index (χ1n) is 7.04. The second kappa shape index (κ2) is 7.08. The zero-order valence-electron chi connectivity index (χ0n) is 12.3. The Morgan fingerprint density at radius 3 is 2.71 bits per heavy atom. The molecule has 1 heterocycles.